The van der Waals surface area contributed by atoms with Crippen molar-refractivity contribution in [1.82, 2.24) is 14.9 Å². The minimum Gasteiger partial charge on any atom is -0.497 e. The van der Waals surface area contributed by atoms with Crippen LogP contribution >= 0.6 is 0 Å². The van der Waals surface area contributed by atoms with E-state index in [2.05, 4.69) is 9.97 Å². The van der Waals surface area contributed by atoms with Gasteiger partial charge in [-0.1, -0.05) is 12.1 Å². The van der Waals surface area contributed by atoms with Gasteiger partial charge < -0.3 is 14.5 Å². The fourth-order valence-electron chi connectivity index (χ4n) is 4.73. The van der Waals surface area contributed by atoms with Crippen LogP contribution in [-0.4, -0.2) is 54.1 Å². The molecule has 40 heavy (non-hydrogen) atoms. The van der Waals surface area contributed by atoms with Crippen molar-refractivity contribution in [2.45, 2.75) is 39.0 Å². The molecule has 1 amide bonds. The molecule has 3 aromatic rings. The second-order valence-electron chi connectivity index (χ2n) is 9.61. The summed E-state index contributed by atoms with van der Waals surface area (Å²) in [6.07, 6.45) is -9.08. The van der Waals surface area contributed by atoms with Crippen LogP contribution in [0, 0.1) is 13.8 Å². The van der Waals surface area contributed by atoms with Gasteiger partial charge in [0.05, 0.1) is 18.2 Å². The Morgan fingerprint density at radius 2 is 1.50 bits per heavy atom. The zero-order valence-corrected chi connectivity index (χ0v) is 22.2. The third kappa shape index (κ3) is 6.65. The van der Waals surface area contributed by atoms with Gasteiger partial charge in [0.2, 0.25) is 0 Å². The maximum atomic E-state index is 13.3. The Hall–Kier alpha value is -3.83. The summed E-state index contributed by atoms with van der Waals surface area (Å²) < 4.78 is 85.2. The van der Waals surface area contributed by atoms with Crippen molar-refractivity contribution < 1.29 is 35.9 Å². The average Bonchev–Trinajstić information content (AvgIpc) is 3.15. The van der Waals surface area contributed by atoms with Gasteiger partial charge in [-0.25, -0.2) is 9.97 Å². The quantitative estimate of drug-likeness (QED) is 0.351. The van der Waals surface area contributed by atoms with Crippen molar-refractivity contribution in [3.8, 4) is 5.75 Å². The van der Waals surface area contributed by atoms with E-state index < -0.39 is 35.0 Å². The first kappa shape index (κ1) is 29.2. The number of alkyl halides is 6. The first-order valence-electron chi connectivity index (χ1n) is 12.6. The Bertz CT molecular complexity index is 1340. The van der Waals surface area contributed by atoms with Crippen LogP contribution in [0.25, 0.3) is 0 Å². The van der Waals surface area contributed by atoms with Crippen LogP contribution in [0.3, 0.4) is 0 Å². The summed E-state index contributed by atoms with van der Waals surface area (Å²) >= 11 is 0. The number of aryl methyl sites for hydroxylation is 2. The zero-order valence-electron chi connectivity index (χ0n) is 22.2. The molecule has 0 N–H and O–H groups in total. The average molecular weight is 567 g/mol. The van der Waals surface area contributed by atoms with Crippen LogP contribution in [0.1, 0.15) is 50.6 Å². The maximum absolute atomic E-state index is 13.3. The third-order valence-electron chi connectivity index (χ3n) is 6.76. The summed E-state index contributed by atoms with van der Waals surface area (Å²) in [5.41, 5.74) is -0.990. The molecule has 1 aliphatic rings. The number of ether oxygens (including phenoxy) is 1. The van der Waals surface area contributed by atoms with E-state index in [0.717, 1.165) is 22.6 Å². The molecule has 0 unspecified atom stereocenters. The molecule has 1 aliphatic heterocycles. The highest BCUT2D eigenvalue weighted by Crippen LogP contribution is 2.36. The predicted molar refractivity (Wildman–Crippen MR) is 136 cm³/mol. The van der Waals surface area contributed by atoms with Gasteiger partial charge in [0.1, 0.15) is 17.4 Å². The van der Waals surface area contributed by atoms with Gasteiger partial charge in [0, 0.05) is 49.4 Å². The molecule has 214 valence electrons. The van der Waals surface area contributed by atoms with E-state index in [0.29, 0.717) is 49.7 Å². The topological polar surface area (TPSA) is 58.6 Å². The standard InChI is InChI=1S/C28H28F6N4O2/c1-17-24(13-19-5-7-23(40-3)8-6-19)25(36-18(2)35-17)37-9-4-10-38(12-11-37)26(39)20-14-21(27(29,30)31)16-22(15-20)28(32,33)34/h5-8,14-16H,4,9-13H2,1-3H3. The molecule has 4 rings (SSSR count). The second kappa shape index (κ2) is 11.3. The van der Waals surface area contributed by atoms with Gasteiger partial charge >= 0.3 is 12.4 Å². The van der Waals surface area contributed by atoms with E-state index in [-0.39, 0.29) is 19.2 Å². The summed E-state index contributed by atoms with van der Waals surface area (Å²) in [5, 5.41) is 0. The number of nitrogens with zero attached hydrogens (tertiary/aromatic N) is 4. The number of rotatable bonds is 5. The molecule has 0 spiro atoms. The van der Waals surface area contributed by atoms with Crippen molar-refractivity contribution in [1.29, 1.82) is 0 Å². The van der Waals surface area contributed by atoms with Crippen molar-refractivity contribution >= 4 is 11.7 Å². The van der Waals surface area contributed by atoms with Gasteiger partial charge in [-0.3, -0.25) is 4.79 Å². The van der Waals surface area contributed by atoms with Crippen molar-refractivity contribution in [2.75, 3.05) is 38.2 Å². The number of aromatic nitrogens is 2. The molecule has 2 aromatic carbocycles. The molecule has 12 heteroatoms. The van der Waals surface area contributed by atoms with Crippen LogP contribution in [-0.2, 0) is 18.8 Å². The minimum absolute atomic E-state index is 0.0189. The number of methoxy groups -OCH3 is 1. The van der Waals surface area contributed by atoms with E-state index in [9.17, 15) is 31.1 Å². The summed E-state index contributed by atoms with van der Waals surface area (Å²) in [6.45, 7) is 4.71. The van der Waals surface area contributed by atoms with Crippen molar-refractivity contribution in [2.24, 2.45) is 0 Å². The summed E-state index contributed by atoms with van der Waals surface area (Å²) in [4.78, 5) is 25.6. The van der Waals surface area contributed by atoms with E-state index in [1.165, 1.54) is 4.90 Å². The SMILES string of the molecule is COc1ccc(Cc2c(C)nc(C)nc2N2CCCN(C(=O)c3cc(C(F)(F)F)cc(C(F)(F)F)c3)CC2)cc1. The van der Waals surface area contributed by atoms with E-state index >= 15 is 0 Å². The lowest BCUT2D eigenvalue weighted by Gasteiger charge is -2.26. The fraction of sp³-hybridized carbons (Fsp3) is 0.393. The lowest BCUT2D eigenvalue weighted by Crippen LogP contribution is -2.36. The number of carbonyl (C=O) groups excluding carboxylic acids is 1. The van der Waals surface area contributed by atoms with Crippen LogP contribution in [0.5, 0.6) is 5.75 Å². The lowest BCUT2D eigenvalue weighted by molar-refractivity contribution is -0.143. The Kier molecular flexibility index (Phi) is 8.27. The maximum Gasteiger partial charge on any atom is 0.416 e. The molecule has 0 bridgehead atoms. The number of amides is 1. The Balaban J connectivity index is 1.58. The van der Waals surface area contributed by atoms with Gasteiger partial charge in [0.25, 0.3) is 5.91 Å². The molecular formula is C28H28F6N4O2. The monoisotopic (exact) mass is 566 g/mol. The highest BCUT2D eigenvalue weighted by molar-refractivity contribution is 5.94. The smallest absolute Gasteiger partial charge is 0.416 e. The zero-order chi connectivity index (χ0) is 29.2. The van der Waals surface area contributed by atoms with Crippen LogP contribution in [0.2, 0.25) is 0 Å². The Morgan fingerprint density at radius 1 is 0.875 bits per heavy atom. The van der Waals surface area contributed by atoms with Gasteiger partial charge in [-0.15, -0.1) is 0 Å². The minimum atomic E-state index is -5.03. The van der Waals surface area contributed by atoms with Gasteiger partial charge in [0.15, 0.2) is 0 Å². The van der Waals surface area contributed by atoms with Gasteiger partial charge in [-0.05, 0) is 56.2 Å². The number of hydrogen-bond acceptors (Lipinski definition) is 5. The van der Waals surface area contributed by atoms with Crippen LogP contribution in [0.4, 0.5) is 32.2 Å². The lowest BCUT2D eigenvalue weighted by atomic mass is 10.0. The first-order valence-corrected chi connectivity index (χ1v) is 12.6. The molecule has 0 aliphatic carbocycles. The molecule has 0 radical (unpaired) electrons. The highest BCUT2D eigenvalue weighted by Gasteiger charge is 2.38. The molecular weight excluding hydrogens is 538 g/mol. The van der Waals surface area contributed by atoms with E-state index in [4.69, 9.17) is 4.74 Å². The molecule has 1 aromatic heterocycles. The Morgan fingerprint density at radius 3 is 2.08 bits per heavy atom. The van der Waals surface area contributed by atoms with Crippen LogP contribution < -0.4 is 9.64 Å². The molecule has 1 fully saturated rings. The fourth-order valence-corrected chi connectivity index (χ4v) is 4.73. The summed E-state index contributed by atoms with van der Waals surface area (Å²) in [5.74, 6) is 1.09. The molecule has 2 heterocycles. The molecule has 6 nitrogen and oxygen atoms in total. The van der Waals surface area contributed by atoms with Crippen molar-refractivity contribution in [3.63, 3.8) is 0 Å². The predicted octanol–water partition coefficient (Wildman–Crippen LogP) is 6.08. The molecule has 1 saturated heterocycles. The first-order chi connectivity index (χ1) is 18.8. The largest absolute Gasteiger partial charge is 0.497 e. The van der Waals surface area contributed by atoms with E-state index in [1.807, 2.05) is 36.1 Å². The van der Waals surface area contributed by atoms with Crippen LogP contribution in [0.15, 0.2) is 42.5 Å². The highest BCUT2D eigenvalue weighted by atomic mass is 19.4. The molecule has 0 atom stereocenters. The third-order valence-corrected chi connectivity index (χ3v) is 6.76. The summed E-state index contributed by atoms with van der Waals surface area (Å²) in [6, 6.07) is 8.56. The number of benzene rings is 2. The second-order valence-corrected chi connectivity index (χ2v) is 9.61. The summed E-state index contributed by atoms with van der Waals surface area (Å²) in [7, 11) is 1.58. The van der Waals surface area contributed by atoms with Crippen molar-refractivity contribution in [3.05, 3.63) is 81.8 Å². The number of anilines is 1. The Labute approximate surface area is 227 Å². The normalized spacial score (nSPS) is 14.7. The van der Waals surface area contributed by atoms with Gasteiger partial charge in [-0.2, -0.15) is 26.3 Å². The number of carbonyl (C=O) groups is 1. The molecule has 0 saturated carbocycles. The van der Waals surface area contributed by atoms with E-state index in [1.54, 1.807) is 14.0 Å². The number of hydrogen-bond donors (Lipinski definition) is 0. The number of halogens is 6.